The van der Waals surface area contributed by atoms with Gasteiger partial charge in [0.25, 0.3) is 0 Å². The third-order valence-electron chi connectivity index (χ3n) is 3.29. The molecule has 1 N–H and O–H groups in total. The molecule has 1 aromatic carbocycles. The van der Waals surface area contributed by atoms with Gasteiger partial charge in [0.15, 0.2) is 5.82 Å². The van der Waals surface area contributed by atoms with Crippen molar-refractivity contribution in [3.63, 3.8) is 0 Å². The molecule has 0 bridgehead atoms. The molecule has 3 rings (SSSR count). The molecule has 0 atom stereocenters. The maximum atomic E-state index is 4.40. The van der Waals surface area contributed by atoms with Gasteiger partial charge in [-0.2, -0.15) is 5.10 Å². The lowest BCUT2D eigenvalue weighted by molar-refractivity contribution is 0.665. The van der Waals surface area contributed by atoms with Crippen molar-refractivity contribution in [3.05, 3.63) is 36.5 Å². The quantitative estimate of drug-likeness (QED) is 0.789. The Morgan fingerprint density at radius 2 is 1.85 bits per heavy atom. The molecule has 0 amide bonds. The van der Waals surface area contributed by atoms with Gasteiger partial charge in [-0.15, -0.1) is 10.2 Å². The van der Waals surface area contributed by atoms with Crippen LogP contribution in [0.2, 0.25) is 0 Å². The van der Waals surface area contributed by atoms with E-state index in [2.05, 4.69) is 46.6 Å². The summed E-state index contributed by atoms with van der Waals surface area (Å²) in [5, 5.41) is 18.5. The smallest absolute Gasteiger partial charge is 0.156 e. The molecular weight excluding hydrogens is 250 g/mol. The molecule has 0 unspecified atom stereocenters. The molecule has 5 nitrogen and oxygen atoms in total. The summed E-state index contributed by atoms with van der Waals surface area (Å²) < 4.78 is 1.93. The fraction of sp³-hybridized carbons (Fsp3) is 0.267. The lowest BCUT2D eigenvalue weighted by Gasteiger charge is -2.10. The van der Waals surface area contributed by atoms with Gasteiger partial charge in [0, 0.05) is 30.1 Å². The van der Waals surface area contributed by atoms with E-state index < -0.39 is 0 Å². The van der Waals surface area contributed by atoms with Crippen LogP contribution < -0.4 is 5.32 Å². The zero-order chi connectivity index (χ0) is 13.9. The number of hydrogen-bond acceptors (Lipinski definition) is 4. The Balaban J connectivity index is 2.25. The van der Waals surface area contributed by atoms with Gasteiger partial charge >= 0.3 is 0 Å². The van der Waals surface area contributed by atoms with Crippen molar-refractivity contribution in [3.8, 4) is 11.4 Å². The first-order chi connectivity index (χ1) is 9.85. The Morgan fingerprint density at radius 1 is 1.05 bits per heavy atom. The van der Waals surface area contributed by atoms with E-state index in [9.17, 15) is 0 Å². The van der Waals surface area contributed by atoms with Crippen molar-refractivity contribution < 1.29 is 0 Å². The average Bonchev–Trinajstić information content (AvgIpc) is 2.96. The van der Waals surface area contributed by atoms with E-state index in [4.69, 9.17) is 0 Å². The molecule has 0 fully saturated rings. The lowest BCUT2D eigenvalue weighted by atomic mass is 10.1. The van der Waals surface area contributed by atoms with Crippen LogP contribution in [0.5, 0.6) is 0 Å². The average molecular weight is 267 g/mol. The third-order valence-corrected chi connectivity index (χ3v) is 3.29. The molecule has 102 valence electrons. The van der Waals surface area contributed by atoms with Crippen molar-refractivity contribution in [2.75, 3.05) is 11.9 Å². The maximum Gasteiger partial charge on any atom is 0.156 e. The number of nitrogens with one attached hydrogen (secondary N) is 1. The summed E-state index contributed by atoms with van der Waals surface area (Å²) in [5.41, 5.74) is 1.88. The van der Waals surface area contributed by atoms with Gasteiger partial charge < -0.3 is 5.32 Å². The van der Waals surface area contributed by atoms with Crippen LogP contribution in [0.15, 0.2) is 36.5 Å². The number of benzene rings is 1. The molecule has 0 aliphatic carbocycles. The second-order valence-corrected chi connectivity index (χ2v) is 4.51. The van der Waals surface area contributed by atoms with Crippen LogP contribution in [-0.4, -0.2) is 26.5 Å². The van der Waals surface area contributed by atoms with Gasteiger partial charge in [-0.25, -0.2) is 0 Å². The monoisotopic (exact) mass is 267 g/mol. The molecule has 5 heteroatoms. The molecule has 0 aliphatic rings. The molecular formula is C15H17N5. The molecule has 0 aliphatic heterocycles. The van der Waals surface area contributed by atoms with Gasteiger partial charge in [0.05, 0.1) is 5.69 Å². The van der Waals surface area contributed by atoms with E-state index in [1.807, 2.05) is 22.9 Å². The summed E-state index contributed by atoms with van der Waals surface area (Å²) in [6.45, 7) is 5.76. The first kappa shape index (κ1) is 12.6. The first-order valence-corrected chi connectivity index (χ1v) is 6.86. The predicted octanol–water partition coefficient (Wildman–Crippen LogP) is 2.95. The van der Waals surface area contributed by atoms with Crippen LogP contribution >= 0.6 is 0 Å². The zero-order valence-electron chi connectivity index (χ0n) is 11.7. The van der Waals surface area contributed by atoms with Crippen molar-refractivity contribution in [1.82, 2.24) is 20.0 Å². The fourth-order valence-electron chi connectivity index (χ4n) is 2.38. The Labute approximate surface area is 117 Å². The zero-order valence-corrected chi connectivity index (χ0v) is 11.7. The van der Waals surface area contributed by atoms with E-state index >= 15 is 0 Å². The number of anilines is 1. The predicted molar refractivity (Wildman–Crippen MR) is 80.6 cm³/mol. The maximum absolute atomic E-state index is 4.40. The van der Waals surface area contributed by atoms with E-state index in [1.54, 1.807) is 6.20 Å². The van der Waals surface area contributed by atoms with Crippen LogP contribution in [0.25, 0.3) is 22.2 Å². The molecule has 0 saturated heterocycles. The van der Waals surface area contributed by atoms with E-state index in [0.29, 0.717) is 0 Å². The minimum absolute atomic E-state index is 0.813. The summed E-state index contributed by atoms with van der Waals surface area (Å²) in [4.78, 5) is 0. The van der Waals surface area contributed by atoms with Gasteiger partial charge in [-0.3, -0.25) is 4.68 Å². The largest absolute Gasteiger partial charge is 0.368 e. The van der Waals surface area contributed by atoms with E-state index in [-0.39, 0.29) is 0 Å². The number of aryl methyl sites for hydroxylation is 1. The highest BCUT2D eigenvalue weighted by Crippen LogP contribution is 2.29. The standard InChI is InChI=1S/C15H17N5/c1-3-16-15-12-8-6-5-7-11(12)14(18-19-15)13-9-10-17-20(13)4-2/h5-10H,3-4H2,1-2H3,(H,16,19). The van der Waals surface area contributed by atoms with Crippen LogP contribution in [0.1, 0.15) is 13.8 Å². The van der Waals surface area contributed by atoms with Crippen molar-refractivity contribution in [1.29, 1.82) is 0 Å². The number of fused-ring (bicyclic) bond motifs is 1. The molecule has 0 radical (unpaired) electrons. The van der Waals surface area contributed by atoms with Crippen molar-refractivity contribution >= 4 is 16.6 Å². The SMILES string of the molecule is CCNc1nnc(-c2ccnn2CC)c2ccccc12. The summed E-state index contributed by atoms with van der Waals surface area (Å²) >= 11 is 0. The molecule has 2 heterocycles. The molecule has 0 spiro atoms. The molecule has 0 saturated carbocycles. The highest BCUT2D eigenvalue weighted by molar-refractivity contribution is 5.99. The molecule has 3 aromatic rings. The molecule has 20 heavy (non-hydrogen) atoms. The Hall–Kier alpha value is -2.43. The lowest BCUT2D eigenvalue weighted by Crippen LogP contribution is -2.05. The first-order valence-electron chi connectivity index (χ1n) is 6.86. The van der Waals surface area contributed by atoms with Crippen molar-refractivity contribution in [2.24, 2.45) is 0 Å². The summed E-state index contributed by atoms with van der Waals surface area (Å²) in [6.07, 6.45) is 1.80. The van der Waals surface area contributed by atoms with Gasteiger partial charge in [0.2, 0.25) is 0 Å². The van der Waals surface area contributed by atoms with Crippen LogP contribution in [-0.2, 0) is 6.54 Å². The summed E-state index contributed by atoms with van der Waals surface area (Å²) in [6, 6.07) is 10.2. The van der Waals surface area contributed by atoms with Crippen LogP contribution in [0.3, 0.4) is 0 Å². The van der Waals surface area contributed by atoms with E-state index in [1.165, 1.54) is 0 Å². The summed E-state index contributed by atoms with van der Waals surface area (Å²) in [5.74, 6) is 0.828. The normalized spacial score (nSPS) is 10.9. The van der Waals surface area contributed by atoms with Gasteiger partial charge in [-0.1, -0.05) is 24.3 Å². The minimum Gasteiger partial charge on any atom is -0.368 e. The third kappa shape index (κ3) is 2.01. The second-order valence-electron chi connectivity index (χ2n) is 4.51. The number of aromatic nitrogens is 4. The summed E-state index contributed by atoms with van der Waals surface area (Å²) in [7, 11) is 0. The van der Waals surface area contributed by atoms with Crippen LogP contribution in [0.4, 0.5) is 5.82 Å². The van der Waals surface area contributed by atoms with Gasteiger partial charge in [0.1, 0.15) is 5.69 Å². The number of hydrogen-bond donors (Lipinski definition) is 1. The van der Waals surface area contributed by atoms with E-state index in [0.717, 1.165) is 41.1 Å². The number of rotatable bonds is 4. The topological polar surface area (TPSA) is 55.6 Å². The fourth-order valence-corrected chi connectivity index (χ4v) is 2.38. The Morgan fingerprint density at radius 3 is 2.60 bits per heavy atom. The Bertz CT molecular complexity index is 732. The van der Waals surface area contributed by atoms with Crippen LogP contribution in [0, 0.1) is 0 Å². The minimum atomic E-state index is 0.813. The second kappa shape index (κ2) is 5.28. The molecule has 2 aromatic heterocycles. The van der Waals surface area contributed by atoms with Gasteiger partial charge in [-0.05, 0) is 19.9 Å². The highest BCUT2D eigenvalue weighted by atomic mass is 15.3. The Kier molecular flexibility index (Phi) is 3.33. The number of nitrogens with zero attached hydrogens (tertiary/aromatic N) is 4. The highest BCUT2D eigenvalue weighted by Gasteiger charge is 2.13. The van der Waals surface area contributed by atoms with Crippen molar-refractivity contribution in [2.45, 2.75) is 20.4 Å².